The molecule has 6 unspecified atom stereocenters. The molecule has 0 bridgehead atoms. The standard InChI is InChI=1S/C56H42O12/c57-35-10-3-28(4-11-35)1-2-29-19-44(64)51-47(20-29)68-56(50(51)34-23-40(62)27-41(63)24-34)43-17-18-45-52(53(43)65)49(55(66-45)31-7-14-37(59)15-8-31)32-9-16-42-46(25-32)67-54(30-5-12-36(58)13-6-30)48(42)33-21-38(60)26-39(61)22-33/h1-27,48-50,54-65H. The van der Waals surface area contributed by atoms with E-state index in [1.807, 2.05) is 24.3 Å². The normalized spacial score (nSPS) is 20.0. The Morgan fingerprint density at radius 3 is 1.38 bits per heavy atom. The third-order valence-corrected chi connectivity index (χ3v) is 13.1. The van der Waals surface area contributed by atoms with Gasteiger partial charge in [0.15, 0.2) is 0 Å². The van der Waals surface area contributed by atoms with Crippen LogP contribution in [0.25, 0.3) is 12.2 Å². The first-order valence-corrected chi connectivity index (χ1v) is 21.8. The van der Waals surface area contributed by atoms with E-state index < -0.39 is 36.1 Å². The molecule has 11 rings (SSSR count). The predicted molar refractivity (Wildman–Crippen MR) is 251 cm³/mol. The van der Waals surface area contributed by atoms with Crippen molar-refractivity contribution in [2.75, 3.05) is 0 Å². The third-order valence-electron chi connectivity index (χ3n) is 13.1. The van der Waals surface area contributed by atoms with Crippen molar-refractivity contribution in [1.29, 1.82) is 0 Å². The van der Waals surface area contributed by atoms with Crippen LogP contribution < -0.4 is 14.2 Å². The van der Waals surface area contributed by atoms with Gasteiger partial charge in [-0.05, 0) is 130 Å². The quantitative estimate of drug-likeness (QED) is 0.0652. The van der Waals surface area contributed by atoms with E-state index >= 15 is 0 Å². The van der Waals surface area contributed by atoms with E-state index in [2.05, 4.69) is 0 Å². The maximum atomic E-state index is 12.8. The molecule has 0 radical (unpaired) electrons. The van der Waals surface area contributed by atoms with Crippen molar-refractivity contribution < 1.29 is 60.2 Å². The van der Waals surface area contributed by atoms with Crippen LogP contribution in [-0.2, 0) is 0 Å². The van der Waals surface area contributed by atoms with Gasteiger partial charge in [-0.3, -0.25) is 0 Å². The number of aromatic hydroxyl groups is 9. The molecule has 6 atom stereocenters. The zero-order valence-electron chi connectivity index (χ0n) is 35.8. The van der Waals surface area contributed by atoms with Gasteiger partial charge < -0.3 is 60.2 Å². The zero-order valence-corrected chi connectivity index (χ0v) is 35.8. The van der Waals surface area contributed by atoms with Crippen LogP contribution in [0.15, 0.2) is 152 Å². The molecule has 8 aromatic carbocycles. The molecule has 0 aromatic heterocycles. The molecule has 0 fully saturated rings. The summed E-state index contributed by atoms with van der Waals surface area (Å²) in [6, 6.07) is 41.0. The van der Waals surface area contributed by atoms with E-state index in [0.29, 0.717) is 61.8 Å². The molecule has 8 aromatic rings. The Bertz CT molecular complexity index is 3250. The first-order chi connectivity index (χ1) is 32.8. The van der Waals surface area contributed by atoms with Crippen LogP contribution in [0.4, 0.5) is 0 Å². The lowest BCUT2D eigenvalue weighted by Gasteiger charge is -2.24. The highest BCUT2D eigenvalue weighted by molar-refractivity contribution is 5.73. The summed E-state index contributed by atoms with van der Waals surface area (Å²) >= 11 is 0. The number of fused-ring (bicyclic) bond motifs is 3. The topological polar surface area (TPSA) is 210 Å². The number of phenols is 9. The lowest BCUT2D eigenvalue weighted by atomic mass is 9.80. The van der Waals surface area contributed by atoms with Gasteiger partial charge in [-0.1, -0.05) is 60.7 Å². The molecule has 0 amide bonds. The van der Waals surface area contributed by atoms with Crippen LogP contribution in [0.2, 0.25) is 0 Å². The van der Waals surface area contributed by atoms with Crippen molar-refractivity contribution in [3.63, 3.8) is 0 Å². The van der Waals surface area contributed by atoms with Crippen LogP contribution >= 0.6 is 0 Å². The summed E-state index contributed by atoms with van der Waals surface area (Å²) in [5.74, 6) is -1.45. The molecule has 338 valence electrons. The summed E-state index contributed by atoms with van der Waals surface area (Å²) < 4.78 is 20.2. The molecule has 68 heavy (non-hydrogen) atoms. The van der Waals surface area contributed by atoms with Gasteiger partial charge in [-0.15, -0.1) is 0 Å². The van der Waals surface area contributed by atoms with Crippen LogP contribution in [0.1, 0.15) is 97.3 Å². The van der Waals surface area contributed by atoms with Gasteiger partial charge in [-0.25, -0.2) is 0 Å². The highest BCUT2D eigenvalue weighted by Gasteiger charge is 2.46. The van der Waals surface area contributed by atoms with E-state index in [0.717, 1.165) is 16.7 Å². The summed E-state index contributed by atoms with van der Waals surface area (Å²) in [6.45, 7) is 0. The van der Waals surface area contributed by atoms with Crippen LogP contribution in [0.5, 0.6) is 69.0 Å². The van der Waals surface area contributed by atoms with E-state index in [9.17, 15) is 46.0 Å². The van der Waals surface area contributed by atoms with Crippen molar-refractivity contribution in [1.82, 2.24) is 0 Å². The van der Waals surface area contributed by atoms with Crippen LogP contribution in [-0.4, -0.2) is 46.0 Å². The second-order valence-corrected chi connectivity index (χ2v) is 17.4. The predicted octanol–water partition coefficient (Wildman–Crippen LogP) is 11.0. The molecular formula is C56H42O12. The minimum absolute atomic E-state index is 0.0606. The Morgan fingerprint density at radius 1 is 0.309 bits per heavy atom. The monoisotopic (exact) mass is 906 g/mol. The smallest absolute Gasteiger partial charge is 0.138 e. The maximum Gasteiger partial charge on any atom is 0.138 e. The fourth-order valence-corrected chi connectivity index (χ4v) is 10.1. The van der Waals surface area contributed by atoms with E-state index in [-0.39, 0.29) is 51.7 Å². The number of phenolic OH excluding ortho intramolecular Hbond substituents is 9. The number of hydrogen-bond donors (Lipinski definition) is 9. The average Bonchev–Trinajstić information content (AvgIpc) is 4.01. The van der Waals surface area contributed by atoms with Gasteiger partial charge in [0.1, 0.15) is 87.3 Å². The van der Waals surface area contributed by atoms with Gasteiger partial charge in [0.25, 0.3) is 0 Å². The van der Waals surface area contributed by atoms with Crippen molar-refractivity contribution in [3.8, 4) is 69.0 Å². The Labute approximate surface area is 389 Å². The SMILES string of the molecule is Oc1ccc(C=Cc2cc(O)c3c(c2)OC(c2ccc4c(c2O)C(c2ccc5c(c2)OC(c2ccc(O)cc2)C5c2cc(O)cc(O)c2)C(c2ccc(O)cc2)O4)C3c2cc(O)cc(O)c2)cc1. The Hall–Kier alpha value is -8.90. The number of hydrogen-bond acceptors (Lipinski definition) is 12. The first-order valence-electron chi connectivity index (χ1n) is 21.8. The maximum absolute atomic E-state index is 12.8. The molecule has 3 heterocycles. The molecule has 12 nitrogen and oxygen atoms in total. The van der Waals surface area contributed by atoms with Crippen molar-refractivity contribution in [3.05, 3.63) is 213 Å². The molecule has 3 aliphatic heterocycles. The van der Waals surface area contributed by atoms with Gasteiger partial charge in [-0.2, -0.15) is 0 Å². The second kappa shape index (κ2) is 16.2. The summed E-state index contributed by atoms with van der Waals surface area (Å²) in [5, 5.41) is 97.3. The fourth-order valence-electron chi connectivity index (χ4n) is 10.1. The number of ether oxygens (including phenoxy) is 3. The summed E-state index contributed by atoms with van der Waals surface area (Å²) in [7, 11) is 0. The van der Waals surface area contributed by atoms with Crippen LogP contribution in [0, 0.1) is 0 Å². The molecule has 9 N–H and O–H groups in total. The lowest BCUT2D eigenvalue weighted by Crippen LogP contribution is -2.13. The van der Waals surface area contributed by atoms with E-state index in [4.69, 9.17) is 14.2 Å². The second-order valence-electron chi connectivity index (χ2n) is 17.4. The Balaban J connectivity index is 1.04. The van der Waals surface area contributed by atoms with Gasteiger partial charge in [0.2, 0.25) is 0 Å². The summed E-state index contributed by atoms with van der Waals surface area (Å²) in [4.78, 5) is 0. The zero-order chi connectivity index (χ0) is 47.0. The van der Waals surface area contributed by atoms with Crippen molar-refractivity contribution >= 4 is 12.2 Å². The third kappa shape index (κ3) is 7.37. The molecule has 12 heteroatoms. The highest BCUT2D eigenvalue weighted by Crippen LogP contribution is 2.61. The Morgan fingerprint density at radius 2 is 0.779 bits per heavy atom. The minimum atomic E-state index is -0.999. The number of rotatable bonds is 8. The molecule has 0 spiro atoms. The first kappa shape index (κ1) is 41.8. The largest absolute Gasteiger partial charge is 0.508 e. The van der Waals surface area contributed by atoms with Crippen LogP contribution in [0.3, 0.4) is 0 Å². The minimum Gasteiger partial charge on any atom is -0.508 e. The van der Waals surface area contributed by atoms with Crippen molar-refractivity contribution in [2.45, 2.75) is 36.1 Å². The molecular weight excluding hydrogens is 865 g/mol. The molecule has 0 aliphatic carbocycles. The fraction of sp³-hybridized carbons (Fsp3) is 0.107. The summed E-state index contributed by atoms with van der Waals surface area (Å²) in [6.07, 6.45) is 1.27. The average molecular weight is 907 g/mol. The van der Waals surface area contributed by atoms with E-state index in [1.165, 1.54) is 24.3 Å². The lowest BCUT2D eigenvalue weighted by molar-refractivity contribution is 0.216. The Kier molecular flexibility index (Phi) is 9.96. The summed E-state index contributed by atoms with van der Waals surface area (Å²) in [5.41, 5.74) is 6.48. The van der Waals surface area contributed by atoms with Crippen molar-refractivity contribution in [2.24, 2.45) is 0 Å². The van der Waals surface area contributed by atoms with Gasteiger partial charge in [0.05, 0.1) is 17.8 Å². The van der Waals surface area contributed by atoms with Gasteiger partial charge in [0, 0.05) is 34.4 Å². The molecule has 0 saturated heterocycles. The molecule has 3 aliphatic rings. The van der Waals surface area contributed by atoms with E-state index in [1.54, 1.807) is 115 Å². The number of benzene rings is 8. The molecule has 0 saturated carbocycles. The highest BCUT2D eigenvalue weighted by atomic mass is 16.5. The van der Waals surface area contributed by atoms with Gasteiger partial charge >= 0.3 is 0 Å².